The van der Waals surface area contributed by atoms with Gasteiger partial charge in [-0.15, -0.1) is 0 Å². The van der Waals surface area contributed by atoms with Gasteiger partial charge in [-0.25, -0.2) is 9.78 Å². The van der Waals surface area contributed by atoms with Crippen molar-refractivity contribution in [1.82, 2.24) is 9.97 Å². The number of hydrogen-bond donors (Lipinski definition) is 4. The molecule has 0 aliphatic heterocycles. The molecule has 5 N–H and O–H groups in total. The number of nitrogens with two attached hydrogens (primary N) is 1. The van der Waals surface area contributed by atoms with Crippen LogP contribution in [0.4, 0.5) is 5.69 Å². The smallest absolute Gasteiger partial charge is 0.358 e. The van der Waals surface area contributed by atoms with Crippen LogP contribution < -0.4 is 11.3 Å². The van der Waals surface area contributed by atoms with E-state index in [1.165, 1.54) is 6.07 Å². The van der Waals surface area contributed by atoms with Crippen LogP contribution in [-0.2, 0) is 0 Å². The van der Waals surface area contributed by atoms with Gasteiger partial charge in [-0.3, -0.25) is 4.79 Å². The molecule has 0 atom stereocenters. The van der Waals surface area contributed by atoms with Gasteiger partial charge >= 0.3 is 5.97 Å². The van der Waals surface area contributed by atoms with E-state index in [1.807, 2.05) is 0 Å². The van der Waals surface area contributed by atoms with Gasteiger partial charge in [-0.05, 0) is 12.1 Å². The number of aromatic carboxylic acids is 1. The summed E-state index contributed by atoms with van der Waals surface area (Å²) in [4.78, 5) is 28.2. The number of carboxylic acid groups (broad SMARTS) is 1. The monoisotopic (exact) mass is 247 g/mol. The van der Waals surface area contributed by atoms with Crippen molar-refractivity contribution in [2.45, 2.75) is 0 Å². The fourth-order valence-electron chi connectivity index (χ4n) is 1.44. The Balaban J connectivity index is 2.66. The minimum Gasteiger partial charge on any atom is -0.501 e. The van der Waals surface area contributed by atoms with Crippen LogP contribution in [0.25, 0.3) is 11.4 Å². The van der Waals surface area contributed by atoms with E-state index < -0.39 is 23.0 Å². The van der Waals surface area contributed by atoms with E-state index in [0.29, 0.717) is 11.3 Å². The molecule has 0 aliphatic carbocycles. The van der Waals surface area contributed by atoms with Gasteiger partial charge in [0.15, 0.2) is 5.69 Å². The summed E-state index contributed by atoms with van der Waals surface area (Å²) in [5.74, 6) is -2.37. The van der Waals surface area contributed by atoms with Gasteiger partial charge in [-0.1, -0.05) is 12.1 Å². The van der Waals surface area contributed by atoms with Crippen molar-refractivity contribution in [3.8, 4) is 17.1 Å². The van der Waals surface area contributed by atoms with Gasteiger partial charge in [0.1, 0.15) is 5.82 Å². The SMILES string of the molecule is Nc1cccc(-c2nc(C(=O)O)c(O)c(=O)[nH]2)c1. The summed E-state index contributed by atoms with van der Waals surface area (Å²) in [5, 5.41) is 18.1. The number of H-pyrrole nitrogens is 1. The molecule has 1 aromatic heterocycles. The van der Waals surface area contributed by atoms with E-state index in [0.717, 1.165) is 0 Å². The predicted octanol–water partition coefficient (Wildman–Crippen LogP) is 0.423. The van der Waals surface area contributed by atoms with Crippen LogP contribution in [0.15, 0.2) is 29.1 Å². The Morgan fingerprint density at radius 1 is 1.39 bits per heavy atom. The average Bonchev–Trinajstić information content (AvgIpc) is 2.32. The van der Waals surface area contributed by atoms with Crippen LogP contribution in [0, 0.1) is 0 Å². The zero-order valence-electron chi connectivity index (χ0n) is 9.04. The van der Waals surface area contributed by atoms with Crippen molar-refractivity contribution in [2.75, 3.05) is 5.73 Å². The highest BCUT2D eigenvalue weighted by Crippen LogP contribution is 2.18. The lowest BCUT2D eigenvalue weighted by atomic mass is 10.2. The summed E-state index contributed by atoms with van der Waals surface area (Å²) in [7, 11) is 0. The molecule has 0 spiro atoms. The van der Waals surface area contributed by atoms with Crippen molar-refractivity contribution < 1.29 is 15.0 Å². The molecule has 2 aromatic rings. The third kappa shape index (κ3) is 2.01. The first-order valence-electron chi connectivity index (χ1n) is 4.91. The lowest BCUT2D eigenvalue weighted by Gasteiger charge is -2.04. The highest BCUT2D eigenvalue weighted by Gasteiger charge is 2.17. The van der Waals surface area contributed by atoms with Crippen molar-refractivity contribution >= 4 is 11.7 Å². The molecule has 1 aromatic carbocycles. The van der Waals surface area contributed by atoms with Crippen LogP contribution in [-0.4, -0.2) is 26.2 Å². The number of nitrogen functional groups attached to an aromatic ring is 1. The summed E-state index contributed by atoms with van der Waals surface area (Å²) >= 11 is 0. The molecule has 0 aliphatic rings. The Morgan fingerprint density at radius 3 is 2.72 bits per heavy atom. The van der Waals surface area contributed by atoms with E-state index >= 15 is 0 Å². The number of hydrogen-bond acceptors (Lipinski definition) is 5. The minimum atomic E-state index is -1.48. The van der Waals surface area contributed by atoms with E-state index in [9.17, 15) is 14.7 Å². The molecule has 0 fully saturated rings. The summed E-state index contributed by atoms with van der Waals surface area (Å²) in [5.41, 5.74) is 4.86. The number of carboxylic acids is 1. The second kappa shape index (κ2) is 4.21. The quantitative estimate of drug-likeness (QED) is 0.569. The molecule has 0 bridgehead atoms. The molecule has 92 valence electrons. The Labute approximate surface area is 101 Å². The van der Waals surface area contributed by atoms with E-state index in [-0.39, 0.29) is 5.82 Å². The van der Waals surface area contributed by atoms with E-state index in [2.05, 4.69) is 9.97 Å². The maximum atomic E-state index is 11.4. The maximum absolute atomic E-state index is 11.4. The molecule has 0 saturated carbocycles. The number of benzene rings is 1. The number of anilines is 1. The molecule has 18 heavy (non-hydrogen) atoms. The minimum absolute atomic E-state index is 0.0301. The largest absolute Gasteiger partial charge is 0.501 e. The second-order valence-corrected chi connectivity index (χ2v) is 3.54. The average molecular weight is 247 g/mol. The summed E-state index contributed by atoms with van der Waals surface area (Å²) in [6, 6.07) is 6.41. The number of nitrogens with one attached hydrogen (secondary N) is 1. The lowest BCUT2D eigenvalue weighted by Crippen LogP contribution is -2.15. The molecule has 0 saturated heterocycles. The topological polar surface area (TPSA) is 129 Å². The first kappa shape index (κ1) is 11.6. The summed E-state index contributed by atoms with van der Waals surface area (Å²) in [6.45, 7) is 0. The molecule has 2 rings (SSSR count). The lowest BCUT2D eigenvalue weighted by molar-refractivity contribution is 0.0686. The molecule has 1 heterocycles. The standard InChI is InChI=1S/C11H9N3O4/c12-6-3-1-2-5(4-6)9-13-7(11(17)18)8(15)10(16)14-9/h1-4,15H,12H2,(H,17,18)(H,13,14,16). The number of aromatic hydroxyl groups is 1. The van der Waals surface area contributed by atoms with E-state index in [4.69, 9.17) is 10.8 Å². The number of nitrogens with zero attached hydrogens (tertiary/aromatic N) is 1. The van der Waals surface area contributed by atoms with Crippen LogP contribution in [0.3, 0.4) is 0 Å². The maximum Gasteiger partial charge on any atom is 0.358 e. The van der Waals surface area contributed by atoms with E-state index in [1.54, 1.807) is 18.2 Å². The number of rotatable bonds is 2. The van der Waals surface area contributed by atoms with Crippen LogP contribution in [0.5, 0.6) is 5.75 Å². The summed E-state index contributed by atoms with van der Waals surface area (Å²) < 4.78 is 0. The first-order valence-corrected chi connectivity index (χ1v) is 4.91. The molecule has 0 radical (unpaired) electrons. The Kier molecular flexibility index (Phi) is 2.72. The second-order valence-electron chi connectivity index (χ2n) is 3.54. The molecule has 0 unspecified atom stereocenters. The first-order chi connectivity index (χ1) is 8.49. The molecule has 0 amide bonds. The van der Waals surface area contributed by atoms with Crippen molar-refractivity contribution in [3.63, 3.8) is 0 Å². The third-order valence-corrected chi connectivity index (χ3v) is 2.26. The molecule has 7 nitrogen and oxygen atoms in total. The highest BCUT2D eigenvalue weighted by atomic mass is 16.4. The van der Waals surface area contributed by atoms with Crippen LogP contribution in [0.2, 0.25) is 0 Å². The van der Waals surface area contributed by atoms with Gasteiger partial charge in [0.2, 0.25) is 5.75 Å². The fourth-order valence-corrected chi connectivity index (χ4v) is 1.44. The van der Waals surface area contributed by atoms with Gasteiger partial charge < -0.3 is 20.9 Å². The van der Waals surface area contributed by atoms with Crippen molar-refractivity contribution in [2.24, 2.45) is 0 Å². The van der Waals surface area contributed by atoms with Crippen LogP contribution in [0.1, 0.15) is 10.5 Å². The highest BCUT2D eigenvalue weighted by molar-refractivity contribution is 5.88. The fraction of sp³-hybridized carbons (Fsp3) is 0. The zero-order valence-corrected chi connectivity index (χ0v) is 9.04. The number of aromatic amines is 1. The van der Waals surface area contributed by atoms with Crippen LogP contribution >= 0.6 is 0 Å². The molecule has 7 heteroatoms. The third-order valence-electron chi connectivity index (χ3n) is 2.26. The van der Waals surface area contributed by atoms with Crippen molar-refractivity contribution in [1.29, 1.82) is 0 Å². The van der Waals surface area contributed by atoms with Gasteiger partial charge in [-0.2, -0.15) is 0 Å². The zero-order chi connectivity index (χ0) is 13.3. The number of carbonyl (C=O) groups is 1. The molecular weight excluding hydrogens is 238 g/mol. The predicted molar refractivity (Wildman–Crippen MR) is 63.3 cm³/mol. The normalized spacial score (nSPS) is 10.2. The Bertz CT molecular complexity index is 678. The Morgan fingerprint density at radius 2 is 2.11 bits per heavy atom. The Hall–Kier alpha value is -2.83. The molecular formula is C11H9N3O4. The van der Waals surface area contributed by atoms with Gasteiger partial charge in [0.05, 0.1) is 0 Å². The number of aromatic nitrogens is 2. The van der Waals surface area contributed by atoms with Gasteiger partial charge in [0, 0.05) is 11.3 Å². The summed E-state index contributed by atoms with van der Waals surface area (Å²) in [6.07, 6.45) is 0. The van der Waals surface area contributed by atoms with Gasteiger partial charge in [0.25, 0.3) is 5.56 Å². The van der Waals surface area contributed by atoms with Crippen molar-refractivity contribution in [3.05, 3.63) is 40.3 Å².